The van der Waals surface area contributed by atoms with Crippen LogP contribution in [0.5, 0.6) is 0 Å². The van der Waals surface area contributed by atoms with Crippen molar-refractivity contribution >= 4 is 35.2 Å². The smallest absolute Gasteiger partial charge is 0.255 e. The molecule has 0 aliphatic carbocycles. The van der Waals surface area contributed by atoms with E-state index in [2.05, 4.69) is 15.6 Å². The lowest BCUT2D eigenvalue weighted by atomic mass is 9.95. The summed E-state index contributed by atoms with van der Waals surface area (Å²) in [7, 11) is 0. The summed E-state index contributed by atoms with van der Waals surface area (Å²) in [4.78, 5) is 39.2. The lowest BCUT2D eigenvalue weighted by Crippen LogP contribution is -2.37. The van der Waals surface area contributed by atoms with E-state index in [-0.39, 0.29) is 17.9 Å². The van der Waals surface area contributed by atoms with E-state index in [4.69, 9.17) is 5.21 Å². The molecule has 0 saturated carbocycles. The molecule has 200 valence electrons. The normalized spacial score (nSPS) is 15.9. The molecule has 3 amide bonds. The summed E-state index contributed by atoms with van der Waals surface area (Å²) in [6.07, 6.45) is 2.11. The average molecular weight is 541 g/mol. The van der Waals surface area contributed by atoms with Crippen molar-refractivity contribution in [2.24, 2.45) is 11.8 Å². The summed E-state index contributed by atoms with van der Waals surface area (Å²) in [5.41, 5.74) is 4.09. The number of rotatable bonds is 9. The molecule has 1 aliphatic rings. The minimum absolute atomic E-state index is 0.0916. The second-order valence-corrected chi connectivity index (χ2v) is 10.5. The van der Waals surface area contributed by atoms with Crippen LogP contribution in [0.15, 0.2) is 54.7 Å². The van der Waals surface area contributed by atoms with E-state index in [9.17, 15) is 18.8 Å². The second kappa shape index (κ2) is 12.2. The largest absolute Gasteiger partial charge is 0.325 e. The highest BCUT2D eigenvalue weighted by atomic mass is 32.2. The number of nitrogens with zero attached hydrogens (tertiary/aromatic N) is 4. The van der Waals surface area contributed by atoms with Crippen LogP contribution < -0.4 is 10.8 Å². The number of hydrogen-bond acceptors (Lipinski definition) is 7. The first-order chi connectivity index (χ1) is 18.2. The molecule has 4 rings (SSSR count). The van der Waals surface area contributed by atoms with Crippen molar-refractivity contribution in [1.82, 2.24) is 25.4 Å². The standard InChI is InChI=1S/C26H29FN6O4S/c1-16(2)11-21(25(35)30-37)24(34)28-20-9-3-17(4-10-20)12-32-13-22(29-31-32)23-14-38-15-33(23)26(36)18-5-7-19(27)8-6-18/h3-10,13,16,21,23,37H,11-12,14-15H2,1-2H3,(H,28,34)(H,30,35). The summed E-state index contributed by atoms with van der Waals surface area (Å²) >= 11 is 1.62. The molecule has 1 aliphatic heterocycles. The number of hydroxylamine groups is 1. The fourth-order valence-electron chi connectivity index (χ4n) is 4.18. The van der Waals surface area contributed by atoms with Gasteiger partial charge in [-0.05, 0) is 54.3 Å². The number of anilines is 1. The van der Waals surface area contributed by atoms with Crippen LogP contribution in [0.2, 0.25) is 0 Å². The molecule has 10 nitrogen and oxygen atoms in total. The highest BCUT2D eigenvalue weighted by Gasteiger charge is 2.33. The van der Waals surface area contributed by atoms with Gasteiger partial charge in [0.15, 0.2) is 0 Å². The predicted molar refractivity (Wildman–Crippen MR) is 140 cm³/mol. The summed E-state index contributed by atoms with van der Waals surface area (Å²) in [5.74, 6) is -1.52. The maximum Gasteiger partial charge on any atom is 0.255 e. The van der Waals surface area contributed by atoms with Crippen LogP contribution in [0.25, 0.3) is 0 Å². The van der Waals surface area contributed by atoms with E-state index in [0.717, 1.165) is 5.56 Å². The first kappa shape index (κ1) is 27.3. The molecular formula is C26H29FN6O4S. The van der Waals surface area contributed by atoms with E-state index in [1.807, 2.05) is 26.0 Å². The van der Waals surface area contributed by atoms with Gasteiger partial charge in [0, 0.05) is 17.0 Å². The van der Waals surface area contributed by atoms with E-state index in [0.29, 0.717) is 41.5 Å². The van der Waals surface area contributed by atoms with Gasteiger partial charge in [-0.3, -0.25) is 19.6 Å². The van der Waals surface area contributed by atoms with Crippen molar-refractivity contribution in [2.75, 3.05) is 16.9 Å². The zero-order valence-corrected chi connectivity index (χ0v) is 21.8. The first-order valence-corrected chi connectivity index (χ1v) is 13.3. The predicted octanol–water partition coefficient (Wildman–Crippen LogP) is 3.46. The molecule has 12 heteroatoms. The van der Waals surface area contributed by atoms with E-state index in [1.54, 1.807) is 45.2 Å². The fraction of sp³-hybridized carbons (Fsp3) is 0.346. The van der Waals surface area contributed by atoms with Gasteiger partial charge >= 0.3 is 0 Å². The van der Waals surface area contributed by atoms with Gasteiger partial charge in [-0.25, -0.2) is 14.6 Å². The molecule has 2 aromatic carbocycles. The molecule has 1 saturated heterocycles. The van der Waals surface area contributed by atoms with Gasteiger partial charge in [-0.15, -0.1) is 16.9 Å². The maximum absolute atomic E-state index is 13.3. The third kappa shape index (κ3) is 6.56. The Bertz CT molecular complexity index is 1280. The highest BCUT2D eigenvalue weighted by Crippen LogP contribution is 2.33. The summed E-state index contributed by atoms with van der Waals surface area (Å²) in [6.45, 7) is 4.21. The molecule has 38 heavy (non-hydrogen) atoms. The number of halogens is 1. The number of carbonyl (C=O) groups excluding carboxylic acids is 3. The Morgan fingerprint density at radius 3 is 2.47 bits per heavy atom. The number of aromatic nitrogens is 3. The highest BCUT2D eigenvalue weighted by molar-refractivity contribution is 7.99. The average Bonchev–Trinajstić information content (AvgIpc) is 3.57. The van der Waals surface area contributed by atoms with Crippen molar-refractivity contribution in [3.05, 3.63) is 77.4 Å². The topological polar surface area (TPSA) is 129 Å². The maximum atomic E-state index is 13.3. The molecule has 1 fully saturated rings. The minimum Gasteiger partial charge on any atom is -0.325 e. The molecular weight excluding hydrogens is 511 g/mol. The number of thioether (sulfide) groups is 1. The Kier molecular flexibility index (Phi) is 8.74. The van der Waals surface area contributed by atoms with E-state index < -0.39 is 23.5 Å². The number of carbonyl (C=O) groups is 3. The Morgan fingerprint density at radius 2 is 1.82 bits per heavy atom. The zero-order valence-electron chi connectivity index (χ0n) is 21.0. The molecule has 2 unspecified atom stereocenters. The quantitative estimate of drug-likeness (QED) is 0.215. The molecule has 2 heterocycles. The Balaban J connectivity index is 1.38. The summed E-state index contributed by atoms with van der Waals surface area (Å²) in [5, 5.41) is 20.2. The molecule has 3 aromatic rings. The van der Waals surface area contributed by atoms with Crippen LogP contribution >= 0.6 is 11.8 Å². The van der Waals surface area contributed by atoms with Gasteiger partial charge in [0.1, 0.15) is 17.4 Å². The molecule has 0 spiro atoms. The van der Waals surface area contributed by atoms with Gasteiger partial charge in [0.2, 0.25) is 5.91 Å². The Labute approximate surface area is 223 Å². The number of hydrogen-bond donors (Lipinski definition) is 3. The second-order valence-electron chi connectivity index (χ2n) is 9.48. The van der Waals surface area contributed by atoms with Crippen LogP contribution in [0.3, 0.4) is 0 Å². The summed E-state index contributed by atoms with van der Waals surface area (Å²) in [6, 6.07) is 12.4. The zero-order chi connectivity index (χ0) is 27.2. The van der Waals surface area contributed by atoms with Crippen LogP contribution in [0, 0.1) is 17.7 Å². The Morgan fingerprint density at radius 1 is 1.11 bits per heavy atom. The monoisotopic (exact) mass is 540 g/mol. The van der Waals surface area contributed by atoms with E-state index >= 15 is 0 Å². The molecule has 0 bridgehead atoms. The molecule has 0 radical (unpaired) electrons. The van der Waals surface area contributed by atoms with E-state index in [1.165, 1.54) is 24.3 Å². The van der Waals surface area contributed by atoms with Gasteiger partial charge in [-0.1, -0.05) is 31.2 Å². The molecule has 2 atom stereocenters. The third-order valence-corrected chi connectivity index (χ3v) is 7.16. The number of amides is 3. The number of nitrogens with one attached hydrogen (secondary N) is 2. The van der Waals surface area contributed by atoms with Crippen molar-refractivity contribution in [3.63, 3.8) is 0 Å². The van der Waals surface area contributed by atoms with Gasteiger partial charge < -0.3 is 10.2 Å². The van der Waals surface area contributed by atoms with Crippen molar-refractivity contribution in [2.45, 2.75) is 32.9 Å². The SMILES string of the molecule is CC(C)CC(C(=O)NO)C(=O)Nc1ccc(Cn2cc(C3CSCN3C(=O)c3ccc(F)cc3)nn2)cc1. The third-order valence-electron chi connectivity index (χ3n) is 6.15. The van der Waals surface area contributed by atoms with Crippen molar-refractivity contribution in [3.8, 4) is 0 Å². The van der Waals surface area contributed by atoms with Gasteiger partial charge in [0.25, 0.3) is 11.8 Å². The van der Waals surface area contributed by atoms with Gasteiger partial charge in [-0.2, -0.15) is 0 Å². The van der Waals surface area contributed by atoms with Crippen LogP contribution in [0.4, 0.5) is 10.1 Å². The van der Waals surface area contributed by atoms with Crippen molar-refractivity contribution in [1.29, 1.82) is 0 Å². The number of benzene rings is 2. The lowest BCUT2D eigenvalue weighted by Gasteiger charge is -2.22. The molecule has 3 N–H and O–H groups in total. The first-order valence-electron chi connectivity index (χ1n) is 12.1. The van der Waals surface area contributed by atoms with Gasteiger partial charge in [0.05, 0.1) is 24.7 Å². The summed E-state index contributed by atoms with van der Waals surface area (Å²) < 4.78 is 14.9. The van der Waals surface area contributed by atoms with Crippen molar-refractivity contribution < 1.29 is 24.0 Å². The van der Waals surface area contributed by atoms with Crippen LogP contribution in [-0.4, -0.2) is 54.5 Å². The molecule has 1 aromatic heterocycles. The fourth-order valence-corrected chi connectivity index (χ4v) is 5.36. The Hall–Kier alpha value is -3.77. The minimum atomic E-state index is -1.00. The lowest BCUT2D eigenvalue weighted by molar-refractivity contribution is -0.139. The van der Waals surface area contributed by atoms with Crippen LogP contribution in [-0.2, 0) is 16.1 Å². The van der Waals surface area contributed by atoms with Crippen LogP contribution in [0.1, 0.15) is 47.9 Å².